The SMILES string of the molecule is CC(NC(=O)Cn1c(C(F)(F)F)nc2cc3c(cc21)OCCO3)c1ccc2c(c1)OCCCO2. The van der Waals surface area contributed by atoms with Crippen LogP contribution in [0.25, 0.3) is 11.0 Å². The Morgan fingerprint density at radius 2 is 1.65 bits per heavy atom. The van der Waals surface area contributed by atoms with E-state index >= 15 is 0 Å². The standard InChI is InChI=1S/C23H22F3N3O5/c1-13(14-3-4-17-18(9-14)32-6-2-5-31-17)27-21(30)12-29-16-11-20-19(33-7-8-34-20)10-15(16)28-22(29)23(24,25)26/h3-4,9-11,13H,2,5-8,12H2,1H3,(H,27,30). The van der Waals surface area contributed by atoms with Crippen LogP contribution in [0.5, 0.6) is 23.0 Å². The van der Waals surface area contributed by atoms with Crippen LogP contribution in [-0.4, -0.2) is 41.9 Å². The lowest BCUT2D eigenvalue weighted by atomic mass is 10.1. The maximum atomic E-state index is 13.7. The van der Waals surface area contributed by atoms with E-state index in [0.717, 1.165) is 16.6 Å². The maximum Gasteiger partial charge on any atom is 0.449 e. The third kappa shape index (κ3) is 4.29. The summed E-state index contributed by atoms with van der Waals surface area (Å²) in [5, 5.41) is 2.76. The molecule has 1 aromatic heterocycles. The van der Waals surface area contributed by atoms with Gasteiger partial charge in [0.2, 0.25) is 11.7 Å². The number of halogens is 3. The number of fused-ring (bicyclic) bond motifs is 3. The molecule has 1 unspecified atom stereocenters. The average Bonchev–Trinajstić information content (AvgIpc) is 2.99. The molecule has 34 heavy (non-hydrogen) atoms. The van der Waals surface area contributed by atoms with Crippen molar-refractivity contribution in [3.63, 3.8) is 0 Å². The van der Waals surface area contributed by atoms with Gasteiger partial charge in [0.1, 0.15) is 19.8 Å². The number of aromatic nitrogens is 2. The lowest BCUT2D eigenvalue weighted by molar-refractivity contribution is -0.147. The van der Waals surface area contributed by atoms with Crippen molar-refractivity contribution in [3.8, 4) is 23.0 Å². The summed E-state index contributed by atoms with van der Waals surface area (Å²) in [7, 11) is 0. The molecule has 5 rings (SSSR count). The summed E-state index contributed by atoms with van der Waals surface area (Å²) in [4.78, 5) is 16.5. The number of ether oxygens (including phenoxy) is 4. The number of nitrogens with one attached hydrogen (secondary N) is 1. The molecule has 3 aromatic rings. The fourth-order valence-corrected chi connectivity index (χ4v) is 4.00. The van der Waals surface area contributed by atoms with Crippen LogP contribution in [0.15, 0.2) is 30.3 Å². The first-order valence-electron chi connectivity index (χ1n) is 10.9. The quantitative estimate of drug-likeness (QED) is 0.615. The minimum atomic E-state index is -4.75. The van der Waals surface area contributed by atoms with Crippen molar-refractivity contribution in [2.75, 3.05) is 26.4 Å². The molecule has 0 saturated carbocycles. The summed E-state index contributed by atoms with van der Waals surface area (Å²) in [6.45, 7) is 2.83. The molecule has 1 N–H and O–H groups in total. The predicted octanol–water partition coefficient (Wildman–Crippen LogP) is 3.87. The fraction of sp³-hybridized carbons (Fsp3) is 0.391. The van der Waals surface area contributed by atoms with E-state index < -0.39 is 30.5 Å². The first-order valence-corrected chi connectivity index (χ1v) is 10.9. The summed E-state index contributed by atoms with van der Waals surface area (Å²) in [5.41, 5.74) is 0.944. The van der Waals surface area contributed by atoms with Crippen LogP contribution in [0.4, 0.5) is 13.2 Å². The van der Waals surface area contributed by atoms with Crippen molar-refractivity contribution in [2.45, 2.75) is 32.1 Å². The molecule has 0 spiro atoms. The van der Waals surface area contributed by atoms with Gasteiger partial charge in [-0.15, -0.1) is 0 Å². The van der Waals surface area contributed by atoms with Crippen LogP contribution in [0.3, 0.4) is 0 Å². The molecule has 0 bridgehead atoms. The lowest BCUT2D eigenvalue weighted by Gasteiger charge is -2.19. The molecule has 3 heterocycles. The number of carbonyl (C=O) groups is 1. The minimum absolute atomic E-state index is 0.0697. The molecule has 8 nitrogen and oxygen atoms in total. The number of benzene rings is 2. The van der Waals surface area contributed by atoms with Crippen LogP contribution in [-0.2, 0) is 17.5 Å². The minimum Gasteiger partial charge on any atom is -0.490 e. The van der Waals surface area contributed by atoms with Crippen molar-refractivity contribution in [1.82, 2.24) is 14.9 Å². The molecule has 2 aliphatic rings. The summed E-state index contributed by atoms with van der Waals surface area (Å²) in [5.74, 6) is 0.0683. The second-order valence-corrected chi connectivity index (χ2v) is 8.05. The Bertz CT molecular complexity index is 1240. The molecule has 0 fully saturated rings. The van der Waals surface area contributed by atoms with E-state index in [0.29, 0.717) is 42.8 Å². The highest BCUT2D eigenvalue weighted by atomic mass is 19.4. The number of imidazole rings is 1. The van der Waals surface area contributed by atoms with Crippen LogP contribution < -0.4 is 24.3 Å². The number of hydrogen-bond acceptors (Lipinski definition) is 6. The van der Waals surface area contributed by atoms with E-state index in [1.54, 1.807) is 25.1 Å². The van der Waals surface area contributed by atoms with Crippen LogP contribution >= 0.6 is 0 Å². The number of carbonyl (C=O) groups excluding carboxylic acids is 1. The summed E-state index contributed by atoms with van der Waals surface area (Å²) >= 11 is 0. The van der Waals surface area contributed by atoms with Gasteiger partial charge in [0.05, 0.1) is 30.3 Å². The first-order chi connectivity index (χ1) is 16.3. The zero-order valence-electron chi connectivity index (χ0n) is 18.3. The molecule has 2 aliphatic heterocycles. The summed E-state index contributed by atoms with van der Waals surface area (Å²) in [6, 6.07) is 7.66. The number of nitrogens with zero attached hydrogens (tertiary/aromatic N) is 2. The van der Waals surface area contributed by atoms with Gasteiger partial charge in [-0.2, -0.15) is 13.2 Å². The molecule has 0 saturated heterocycles. The maximum absolute atomic E-state index is 13.7. The van der Waals surface area contributed by atoms with Gasteiger partial charge in [0.25, 0.3) is 0 Å². The summed E-state index contributed by atoms with van der Waals surface area (Å²) < 4.78 is 64.3. The topological polar surface area (TPSA) is 83.8 Å². The Hall–Kier alpha value is -3.63. The summed E-state index contributed by atoms with van der Waals surface area (Å²) in [6.07, 6.45) is -3.99. The van der Waals surface area contributed by atoms with Crippen LogP contribution in [0, 0.1) is 0 Å². The van der Waals surface area contributed by atoms with Crippen molar-refractivity contribution in [1.29, 1.82) is 0 Å². The molecular formula is C23H22F3N3O5. The zero-order valence-corrected chi connectivity index (χ0v) is 18.3. The molecule has 0 radical (unpaired) electrons. The molecule has 0 aliphatic carbocycles. The van der Waals surface area contributed by atoms with E-state index in [4.69, 9.17) is 18.9 Å². The average molecular weight is 477 g/mol. The molecular weight excluding hydrogens is 455 g/mol. The second kappa shape index (κ2) is 8.62. The zero-order chi connectivity index (χ0) is 23.9. The molecule has 11 heteroatoms. The van der Waals surface area contributed by atoms with Crippen molar-refractivity contribution >= 4 is 16.9 Å². The second-order valence-electron chi connectivity index (χ2n) is 8.05. The number of rotatable bonds is 4. The van der Waals surface area contributed by atoms with Gasteiger partial charge < -0.3 is 28.8 Å². The number of amides is 1. The van der Waals surface area contributed by atoms with Gasteiger partial charge in [-0.1, -0.05) is 6.07 Å². The van der Waals surface area contributed by atoms with Crippen LogP contribution in [0.1, 0.15) is 30.8 Å². The Kier molecular flexibility index (Phi) is 5.62. The molecule has 2 aromatic carbocycles. The Morgan fingerprint density at radius 3 is 2.38 bits per heavy atom. The van der Waals surface area contributed by atoms with Gasteiger partial charge in [-0.3, -0.25) is 4.79 Å². The van der Waals surface area contributed by atoms with Crippen LogP contribution in [0.2, 0.25) is 0 Å². The Balaban J connectivity index is 1.40. The van der Waals surface area contributed by atoms with E-state index in [2.05, 4.69) is 10.3 Å². The van der Waals surface area contributed by atoms with Gasteiger partial charge in [0.15, 0.2) is 23.0 Å². The van der Waals surface area contributed by atoms with Gasteiger partial charge in [0, 0.05) is 18.6 Å². The van der Waals surface area contributed by atoms with E-state index in [-0.39, 0.29) is 17.6 Å². The van der Waals surface area contributed by atoms with Crippen molar-refractivity contribution in [3.05, 3.63) is 41.7 Å². The highest BCUT2D eigenvalue weighted by Crippen LogP contribution is 2.38. The monoisotopic (exact) mass is 477 g/mol. The smallest absolute Gasteiger partial charge is 0.449 e. The normalized spacial score (nSPS) is 16.1. The van der Waals surface area contributed by atoms with Gasteiger partial charge in [-0.25, -0.2) is 4.98 Å². The van der Waals surface area contributed by atoms with Gasteiger partial charge >= 0.3 is 6.18 Å². The molecule has 180 valence electrons. The Morgan fingerprint density at radius 1 is 1.00 bits per heavy atom. The largest absolute Gasteiger partial charge is 0.490 e. The van der Waals surface area contributed by atoms with Crippen molar-refractivity contribution in [2.24, 2.45) is 0 Å². The van der Waals surface area contributed by atoms with E-state index in [1.807, 2.05) is 0 Å². The Labute approximate surface area is 192 Å². The van der Waals surface area contributed by atoms with E-state index in [1.165, 1.54) is 12.1 Å². The molecule has 1 atom stereocenters. The number of alkyl halides is 3. The predicted molar refractivity (Wildman–Crippen MR) is 114 cm³/mol. The van der Waals surface area contributed by atoms with E-state index in [9.17, 15) is 18.0 Å². The molecule has 1 amide bonds. The third-order valence-electron chi connectivity index (χ3n) is 5.62. The van der Waals surface area contributed by atoms with Gasteiger partial charge in [-0.05, 0) is 24.6 Å². The highest BCUT2D eigenvalue weighted by molar-refractivity contribution is 5.84. The number of hydrogen-bond donors (Lipinski definition) is 1. The fourth-order valence-electron chi connectivity index (χ4n) is 4.00. The highest BCUT2D eigenvalue weighted by Gasteiger charge is 2.38. The van der Waals surface area contributed by atoms with Crippen molar-refractivity contribution < 1.29 is 36.9 Å². The third-order valence-corrected chi connectivity index (χ3v) is 5.62. The lowest BCUT2D eigenvalue weighted by Crippen LogP contribution is -2.31. The first kappa shape index (κ1) is 22.2.